The van der Waals surface area contributed by atoms with Gasteiger partial charge in [-0.3, -0.25) is 4.79 Å². The quantitative estimate of drug-likeness (QED) is 0.323. The molecule has 9 nitrogen and oxygen atoms in total. The van der Waals surface area contributed by atoms with Gasteiger partial charge in [-0.15, -0.1) is 0 Å². The molecule has 188 valence electrons. The van der Waals surface area contributed by atoms with E-state index in [1.165, 1.54) is 10.9 Å². The van der Waals surface area contributed by atoms with Gasteiger partial charge in [-0.25, -0.2) is 9.78 Å². The molecule has 9 heteroatoms. The molecule has 0 unspecified atom stereocenters. The molecule has 1 amide bonds. The van der Waals surface area contributed by atoms with Crippen LogP contribution in [0.2, 0.25) is 0 Å². The highest BCUT2D eigenvalue weighted by Gasteiger charge is 2.24. The van der Waals surface area contributed by atoms with E-state index >= 15 is 0 Å². The highest BCUT2D eigenvalue weighted by atomic mass is 16.5. The predicted octanol–water partition coefficient (Wildman–Crippen LogP) is 5.15. The molecular weight excluding hydrogens is 470 g/mol. The van der Waals surface area contributed by atoms with Crippen LogP contribution >= 0.6 is 0 Å². The summed E-state index contributed by atoms with van der Waals surface area (Å²) in [5, 5.41) is 13.1. The maximum absolute atomic E-state index is 13.2. The van der Waals surface area contributed by atoms with Gasteiger partial charge in [-0.2, -0.15) is 9.78 Å². The van der Waals surface area contributed by atoms with Crippen molar-refractivity contribution in [1.82, 2.24) is 19.9 Å². The molecule has 3 aromatic heterocycles. The fourth-order valence-corrected chi connectivity index (χ4v) is 4.35. The molecule has 0 saturated heterocycles. The van der Waals surface area contributed by atoms with Gasteiger partial charge in [0.05, 0.1) is 24.7 Å². The Bertz CT molecular complexity index is 1680. The first-order chi connectivity index (χ1) is 17.8. The van der Waals surface area contributed by atoms with Crippen molar-refractivity contribution in [2.24, 2.45) is 0 Å². The molecule has 37 heavy (non-hydrogen) atoms. The van der Waals surface area contributed by atoms with Crippen LogP contribution < -0.4 is 5.32 Å². The number of aromatic nitrogens is 4. The standard InChI is InChI=1S/C28H27N5O4/c1-6-36-28(35)21-14-29-33(24-12-18(5)19-9-7-8-15(2)26(19)30-24)27(21)31-25(34)13-22-20-10-16(3)17(4)11-23(20)37-32-22/h7-12,14H,6,13H2,1-5H3,(H,31,34). The highest BCUT2D eigenvalue weighted by Crippen LogP contribution is 2.27. The molecule has 0 aliphatic heterocycles. The monoisotopic (exact) mass is 497 g/mol. The predicted molar refractivity (Wildman–Crippen MR) is 140 cm³/mol. The van der Waals surface area contributed by atoms with E-state index in [-0.39, 0.29) is 30.3 Å². The summed E-state index contributed by atoms with van der Waals surface area (Å²) in [5.41, 5.74) is 6.25. The van der Waals surface area contributed by atoms with Crippen LogP contribution in [-0.4, -0.2) is 38.4 Å². The van der Waals surface area contributed by atoms with Gasteiger partial charge < -0.3 is 14.6 Å². The number of para-hydroxylation sites is 1. The lowest BCUT2D eigenvalue weighted by Gasteiger charge is -2.13. The lowest BCUT2D eigenvalue weighted by Crippen LogP contribution is -2.20. The summed E-state index contributed by atoms with van der Waals surface area (Å²) >= 11 is 0. The first kappa shape index (κ1) is 24.2. The summed E-state index contributed by atoms with van der Waals surface area (Å²) < 4.78 is 12.1. The van der Waals surface area contributed by atoms with E-state index in [1.54, 1.807) is 6.92 Å². The second-order valence-corrected chi connectivity index (χ2v) is 9.09. The fraction of sp³-hybridized carbons (Fsp3) is 0.250. The molecular formula is C28H27N5O4. The molecule has 0 saturated carbocycles. The van der Waals surface area contributed by atoms with Crippen molar-refractivity contribution in [3.05, 3.63) is 76.1 Å². The lowest BCUT2D eigenvalue weighted by molar-refractivity contribution is -0.115. The third-order valence-corrected chi connectivity index (χ3v) is 6.46. The Labute approximate surface area is 213 Å². The van der Waals surface area contributed by atoms with Crippen LogP contribution in [0.4, 0.5) is 5.82 Å². The summed E-state index contributed by atoms with van der Waals surface area (Å²) in [7, 11) is 0. The van der Waals surface area contributed by atoms with Gasteiger partial charge in [0.1, 0.15) is 11.3 Å². The van der Waals surface area contributed by atoms with Gasteiger partial charge in [-0.05, 0) is 75.1 Å². The first-order valence-corrected chi connectivity index (χ1v) is 12.0. The Morgan fingerprint density at radius 1 is 1.00 bits per heavy atom. The van der Waals surface area contributed by atoms with Crippen molar-refractivity contribution in [1.29, 1.82) is 0 Å². The molecule has 0 bridgehead atoms. The summed E-state index contributed by atoms with van der Waals surface area (Å²) in [6, 6.07) is 11.7. The zero-order chi connectivity index (χ0) is 26.3. The topological polar surface area (TPSA) is 112 Å². The van der Waals surface area contributed by atoms with E-state index in [1.807, 2.05) is 64.1 Å². The van der Waals surface area contributed by atoms with Crippen molar-refractivity contribution in [3.8, 4) is 5.82 Å². The van der Waals surface area contributed by atoms with E-state index in [0.29, 0.717) is 17.1 Å². The Morgan fingerprint density at radius 2 is 1.78 bits per heavy atom. The van der Waals surface area contributed by atoms with Crippen molar-refractivity contribution < 1.29 is 18.8 Å². The third kappa shape index (κ3) is 4.44. The average Bonchev–Trinajstić information content (AvgIpc) is 3.44. The molecule has 5 aromatic rings. The molecule has 5 rings (SSSR count). The van der Waals surface area contributed by atoms with E-state index in [0.717, 1.165) is 38.5 Å². The maximum atomic E-state index is 13.2. The van der Waals surface area contributed by atoms with Crippen LogP contribution in [0, 0.1) is 27.7 Å². The summed E-state index contributed by atoms with van der Waals surface area (Å²) in [6.45, 7) is 9.87. The largest absolute Gasteiger partial charge is 0.462 e. The zero-order valence-electron chi connectivity index (χ0n) is 21.4. The van der Waals surface area contributed by atoms with E-state index in [4.69, 9.17) is 14.2 Å². The normalized spacial score (nSPS) is 11.3. The Hall–Kier alpha value is -4.53. The number of hydrogen-bond acceptors (Lipinski definition) is 7. The average molecular weight is 498 g/mol. The van der Waals surface area contributed by atoms with E-state index in [2.05, 4.69) is 15.6 Å². The van der Waals surface area contributed by atoms with Crippen molar-refractivity contribution in [2.45, 2.75) is 41.0 Å². The molecule has 0 atom stereocenters. The van der Waals surface area contributed by atoms with Gasteiger partial charge >= 0.3 is 5.97 Å². The minimum Gasteiger partial charge on any atom is -0.462 e. The zero-order valence-corrected chi connectivity index (χ0v) is 21.4. The van der Waals surface area contributed by atoms with E-state index in [9.17, 15) is 9.59 Å². The van der Waals surface area contributed by atoms with Crippen molar-refractivity contribution >= 4 is 39.6 Å². The summed E-state index contributed by atoms with van der Waals surface area (Å²) in [6.07, 6.45) is 1.33. The number of carbonyl (C=O) groups excluding carboxylic acids is 2. The van der Waals surface area contributed by atoms with Crippen LogP contribution in [0.5, 0.6) is 0 Å². The minimum absolute atomic E-state index is 0.0494. The number of pyridine rings is 1. The number of anilines is 1. The number of nitrogens with one attached hydrogen (secondary N) is 1. The number of carbonyl (C=O) groups is 2. The van der Waals surface area contributed by atoms with Gasteiger partial charge in [0.2, 0.25) is 5.91 Å². The number of rotatable bonds is 6. The SMILES string of the molecule is CCOC(=O)c1cnn(-c2cc(C)c3cccc(C)c3n2)c1NC(=O)Cc1noc2cc(C)c(C)cc12. The number of aryl methyl sites for hydroxylation is 4. The molecule has 2 aromatic carbocycles. The number of benzene rings is 2. The minimum atomic E-state index is -0.587. The van der Waals surface area contributed by atoms with Gasteiger partial charge in [0.25, 0.3) is 0 Å². The number of fused-ring (bicyclic) bond motifs is 2. The number of hydrogen-bond donors (Lipinski definition) is 1. The molecule has 0 fully saturated rings. The van der Waals surface area contributed by atoms with Gasteiger partial charge in [0.15, 0.2) is 17.2 Å². The molecule has 1 N–H and O–H groups in total. The smallest absolute Gasteiger partial charge is 0.343 e. The molecule has 0 aliphatic rings. The Morgan fingerprint density at radius 3 is 2.57 bits per heavy atom. The maximum Gasteiger partial charge on any atom is 0.343 e. The van der Waals surface area contributed by atoms with Crippen molar-refractivity contribution in [3.63, 3.8) is 0 Å². The number of esters is 1. The van der Waals surface area contributed by atoms with Crippen LogP contribution in [-0.2, 0) is 16.0 Å². The second kappa shape index (κ2) is 9.50. The van der Waals surface area contributed by atoms with Crippen LogP contribution in [0.25, 0.3) is 27.7 Å². The first-order valence-electron chi connectivity index (χ1n) is 12.0. The van der Waals surface area contributed by atoms with Crippen LogP contribution in [0.1, 0.15) is 45.2 Å². The molecule has 0 aliphatic carbocycles. The van der Waals surface area contributed by atoms with Crippen LogP contribution in [0.3, 0.4) is 0 Å². The van der Waals surface area contributed by atoms with Gasteiger partial charge in [-0.1, -0.05) is 23.4 Å². The second-order valence-electron chi connectivity index (χ2n) is 9.09. The van der Waals surface area contributed by atoms with Crippen molar-refractivity contribution in [2.75, 3.05) is 11.9 Å². The number of amides is 1. The fourth-order valence-electron chi connectivity index (χ4n) is 4.35. The molecule has 0 spiro atoms. The third-order valence-electron chi connectivity index (χ3n) is 6.46. The van der Waals surface area contributed by atoms with E-state index < -0.39 is 5.97 Å². The highest BCUT2D eigenvalue weighted by molar-refractivity contribution is 6.01. The van der Waals surface area contributed by atoms with Gasteiger partial charge in [0, 0.05) is 10.8 Å². The Kier molecular flexibility index (Phi) is 6.20. The van der Waals surface area contributed by atoms with Crippen LogP contribution in [0.15, 0.2) is 47.1 Å². The number of nitrogens with zero attached hydrogens (tertiary/aromatic N) is 4. The molecule has 0 radical (unpaired) electrons. The lowest BCUT2D eigenvalue weighted by atomic mass is 10.1. The number of ether oxygens (including phenoxy) is 1. The molecule has 3 heterocycles. The Balaban J connectivity index is 1.54. The summed E-state index contributed by atoms with van der Waals surface area (Å²) in [4.78, 5) is 30.7. The summed E-state index contributed by atoms with van der Waals surface area (Å²) in [5.74, 6) is -0.309.